The number of aromatic nitrogens is 1. The van der Waals surface area contributed by atoms with Crippen LogP contribution >= 0.6 is 0 Å². The van der Waals surface area contributed by atoms with E-state index in [0.717, 1.165) is 12.1 Å². The van der Waals surface area contributed by atoms with E-state index in [2.05, 4.69) is 4.98 Å². The van der Waals surface area contributed by atoms with Gasteiger partial charge in [-0.15, -0.1) is 0 Å². The maximum absolute atomic E-state index is 10.7. The zero-order chi connectivity index (χ0) is 9.26. The number of fused-ring (bicyclic) bond motifs is 1. The van der Waals surface area contributed by atoms with Gasteiger partial charge in [-0.1, -0.05) is 6.07 Å². The molecule has 2 rings (SSSR count). The molecule has 0 bridgehead atoms. The molecule has 1 aromatic heterocycles. The van der Waals surface area contributed by atoms with E-state index in [1.165, 1.54) is 10.5 Å². The second-order valence-electron chi connectivity index (χ2n) is 3.06. The van der Waals surface area contributed by atoms with Gasteiger partial charge in [0.05, 0.1) is 12.2 Å². The van der Waals surface area contributed by atoms with Gasteiger partial charge in [0.15, 0.2) is 0 Å². The summed E-state index contributed by atoms with van der Waals surface area (Å²) in [6, 6.07) is 3.89. The Bertz CT molecular complexity index is 338. The first kappa shape index (κ1) is 8.04. The molecule has 0 spiro atoms. The number of carbonyl (C=O) groups is 1. The van der Waals surface area contributed by atoms with Gasteiger partial charge in [0.1, 0.15) is 0 Å². The summed E-state index contributed by atoms with van der Waals surface area (Å²) < 4.78 is 0. The summed E-state index contributed by atoms with van der Waals surface area (Å²) in [5, 5.41) is 8.76. The van der Waals surface area contributed by atoms with E-state index in [-0.39, 0.29) is 0 Å². The molecule has 0 radical (unpaired) electrons. The predicted octanol–water partition coefficient (Wildman–Crippen LogP) is 1.12. The minimum absolute atomic E-state index is 0.422. The van der Waals surface area contributed by atoms with E-state index in [4.69, 9.17) is 5.11 Å². The van der Waals surface area contributed by atoms with Gasteiger partial charge >= 0.3 is 6.09 Å². The van der Waals surface area contributed by atoms with Crippen LogP contribution in [0.4, 0.5) is 4.79 Å². The number of hydrogen-bond donors (Lipinski definition) is 1. The molecule has 0 aliphatic carbocycles. The number of carboxylic acid groups (broad SMARTS) is 1. The molecule has 0 fully saturated rings. The molecule has 0 saturated carbocycles. The average Bonchev–Trinajstić information content (AvgIpc) is 2.17. The van der Waals surface area contributed by atoms with Crippen LogP contribution in [0, 0.1) is 0 Å². The van der Waals surface area contributed by atoms with Crippen LogP contribution in [0.25, 0.3) is 0 Å². The van der Waals surface area contributed by atoms with Crippen molar-refractivity contribution >= 4 is 6.09 Å². The summed E-state index contributed by atoms with van der Waals surface area (Å²) >= 11 is 0. The minimum atomic E-state index is -0.865. The summed E-state index contributed by atoms with van der Waals surface area (Å²) in [5.41, 5.74) is 2.05. The molecule has 1 aliphatic rings. The van der Waals surface area contributed by atoms with E-state index in [0.29, 0.717) is 13.1 Å². The Hall–Kier alpha value is -1.58. The van der Waals surface area contributed by atoms with E-state index in [1.807, 2.05) is 12.1 Å². The number of hydrogen-bond acceptors (Lipinski definition) is 2. The lowest BCUT2D eigenvalue weighted by atomic mass is 10.1. The average molecular weight is 178 g/mol. The first-order chi connectivity index (χ1) is 6.27. The Labute approximate surface area is 75.8 Å². The van der Waals surface area contributed by atoms with Crippen molar-refractivity contribution in [3.8, 4) is 0 Å². The van der Waals surface area contributed by atoms with Crippen LogP contribution in [0.1, 0.15) is 11.3 Å². The standard InChI is InChI=1S/C9H10N2O2/c12-9(13)11-5-3-7-2-1-4-10-8(7)6-11/h1-2,4H,3,5-6H2,(H,12,13). The highest BCUT2D eigenvalue weighted by Gasteiger charge is 2.19. The quantitative estimate of drug-likeness (QED) is 0.647. The third-order valence-electron chi connectivity index (χ3n) is 2.25. The minimum Gasteiger partial charge on any atom is -0.465 e. The van der Waals surface area contributed by atoms with Crippen molar-refractivity contribution in [1.29, 1.82) is 0 Å². The molecule has 0 atom stereocenters. The van der Waals surface area contributed by atoms with Crippen LogP contribution in [0.15, 0.2) is 18.3 Å². The highest BCUT2D eigenvalue weighted by molar-refractivity contribution is 5.65. The SMILES string of the molecule is O=C(O)N1CCc2cccnc2C1. The third-order valence-corrected chi connectivity index (χ3v) is 2.25. The van der Waals surface area contributed by atoms with Crippen LogP contribution in [0.3, 0.4) is 0 Å². The molecule has 2 heterocycles. The van der Waals surface area contributed by atoms with Gasteiger partial charge in [0.2, 0.25) is 0 Å². The molecular formula is C9H10N2O2. The first-order valence-electron chi connectivity index (χ1n) is 4.18. The number of amides is 1. The Kier molecular flexibility index (Phi) is 1.88. The van der Waals surface area contributed by atoms with Crippen LogP contribution in [-0.2, 0) is 13.0 Å². The van der Waals surface area contributed by atoms with Crippen molar-refractivity contribution in [3.63, 3.8) is 0 Å². The van der Waals surface area contributed by atoms with Gasteiger partial charge in [-0.2, -0.15) is 0 Å². The summed E-state index contributed by atoms with van der Waals surface area (Å²) in [4.78, 5) is 16.2. The lowest BCUT2D eigenvalue weighted by Crippen LogP contribution is -2.35. The van der Waals surface area contributed by atoms with E-state index in [9.17, 15) is 4.79 Å². The van der Waals surface area contributed by atoms with Crippen molar-refractivity contribution < 1.29 is 9.90 Å². The second kappa shape index (κ2) is 3.05. The van der Waals surface area contributed by atoms with Crippen molar-refractivity contribution in [2.45, 2.75) is 13.0 Å². The highest BCUT2D eigenvalue weighted by atomic mass is 16.4. The monoisotopic (exact) mass is 178 g/mol. The number of rotatable bonds is 0. The number of nitrogens with zero attached hydrogens (tertiary/aromatic N) is 2. The molecule has 4 nitrogen and oxygen atoms in total. The van der Waals surface area contributed by atoms with Crippen LogP contribution in [0.2, 0.25) is 0 Å². The third kappa shape index (κ3) is 1.47. The molecule has 0 aromatic carbocycles. The maximum atomic E-state index is 10.7. The maximum Gasteiger partial charge on any atom is 0.407 e. The van der Waals surface area contributed by atoms with Gasteiger partial charge < -0.3 is 10.0 Å². The topological polar surface area (TPSA) is 53.4 Å². The van der Waals surface area contributed by atoms with Crippen molar-refractivity contribution in [2.24, 2.45) is 0 Å². The molecule has 0 saturated heterocycles. The summed E-state index contributed by atoms with van der Waals surface area (Å²) in [7, 11) is 0. The van der Waals surface area contributed by atoms with Gasteiger partial charge in [0.25, 0.3) is 0 Å². The van der Waals surface area contributed by atoms with E-state index < -0.39 is 6.09 Å². The summed E-state index contributed by atoms with van der Waals surface area (Å²) in [5.74, 6) is 0. The molecule has 1 aliphatic heterocycles. The Balaban J connectivity index is 2.24. The fourth-order valence-electron chi connectivity index (χ4n) is 1.52. The van der Waals surface area contributed by atoms with Gasteiger partial charge in [0, 0.05) is 12.7 Å². The zero-order valence-electron chi connectivity index (χ0n) is 7.10. The molecular weight excluding hydrogens is 168 g/mol. The van der Waals surface area contributed by atoms with Crippen molar-refractivity contribution in [2.75, 3.05) is 6.54 Å². The van der Waals surface area contributed by atoms with Crippen molar-refractivity contribution in [1.82, 2.24) is 9.88 Å². The van der Waals surface area contributed by atoms with Crippen LogP contribution in [-0.4, -0.2) is 27.6 Å². The molecule has 1 aromatic rings. The molecule has 68 valence electrons. The fourth-order valence-corrected chi connectivity index (χ4v) is 1.52. The van der Waals surface area contributed by atoms with Gasteiger partial charge in [-0.05, 0) is 18.1 Å². The lowest BCUT2D eigenvalue weighted by molar-refractivity contribution is 0.139. The smallest absolute Gasteiger partial charge is 0.407 e. The molecule has 1 amide bonds. The Morgan fingerprint density at radius 1 is 1.62 bits per heavy atom. The van der Waals surface area contributed by atoms with Crippen molar-refractivity contribution in [3.05, 3.63) is 29.6 Å². The van der Waals surface area contributed by atoms with Gasteiger partial charge in [-0.3, -0.25) is 4.98 Å². The number of pyridine rings is 1. The molecule has 1 N–H and O–H groups in total. The van der Waals surface area contributed by atoms with Gasteiger partial charge in [-0.25, -0.2) is 4.79 Å². The highest BCUT2D eigenvalue weighted by Crippen LogP contribution is 2.15. The summed E-state index contributed by atoms with van der Waals surface area (Å²) in [6.07, 6.45) is 1.61. The first-order valence-corrected chi connectivity index (χ1v) is 4.18. The normalized spacial score (nSPS) is 15.2. The van der Waals surface area contributed by atoms with Crippen LogP contribution in [0.5, 0.6) is 0 Å². The molecule has 13 heavy (non-hydrogen) atoms. The fraction of sp³-hybridized carbons (Fsp3) is 0.333. The zero-order valence-corrected chi connectivity index (χ0v) is 7.10. The molecule has 4 heteroatoms. The Morgan fingerprint density at radius 2 is 2.46 bits per heavy atom. The van der Waals surface area contributed by atoms with E-state index >= 15 is 0 Å². The van der Waals surface area contributed by atoms with E-state index in [1.54, 1.807) is 6.20 Å². The predicted molar refractivity (Wildman–Crippen MR) is 46.4 cm³/mol. The summed E-state index contributed by atoms with van der Waals surface area (Å²) in [6.45, 7) is 1.000. The Morgan fingerprint density at radius 3 is 3.23 bits per heavy atom. The second-order valence-corrected chi connectivity index (χ2v) is 3.06. The van der Waals surface area contributed by atoms with Crippen LogP contribution < -0.4 is 0 Å². The molecule has 0 unspecified atom stereocenters. The largest absolute Gasteiger partial charge is 0.465 e. The lowest BCUT2D eigenvalue weighted by Gasteiger charge is -2.25.